The van der Waals surface area contributed by atoms with Crippen LogP contribution in [0.15, 0.2) is 30.4 Å². The van der Waals surface area contributed by atoms with Crippen LogP contribution in [0, 0.1) is 17.8 Å². The lowest BCUT2D eigenvalue weighted by atomic mass is 10.1. The van der Waals surface area contributed by atoms with Gasteiger partial charge in [-0.3, -0.25) is 4.79 Å². The lowest BCUT2D eigenvalue weighted by Gasteiger charge is -2.06. The van der Waals surface area contributed by atoms with Crippen molar-refractivity contribution in [2.45, 2.75) is 25.7 Å². The van der Waals surface area contributed by atoms with Crippen molar-refractivity contribution in [2.75, 3.05) is 5.32 Å². The van der Waals surface area contributed by atoms with Gasteiger partial charge in [-0.15, -0.1) is 0 Å². The molecule has 3 rings (SSSR count). The first-order valence-corrected chi connectivity index (χ1v) is 7.85. The van der Waals surface area contributed by atoms with Crippen molar-refractivity contribution in [3.8, 4) is 0 Å². The van der Waals surface area contributed by atoms with E-state index in [1.54, 1.807) is 18.2 Å². The topological polar surface area (TPSA) is 29.1 Å². The van der Waals surface area contributed by atoms with Gasteiger partial charge in [-0.1, -0.05) is 41.8 Å². The minimum atomic E-state index is 0.102. The van der Waals surface area contributed by atoms with Crippen molar-refractivity contribution in [1.29, 1.82) is 0 Å². The van der Waals surface area contributed by atoms with E-state index in [9.17, 15) is 4.79 Å². The lowest BCUT2D eigenvalue weighted by Crippen LogP contribution is -2.15. The number of nitrogens with one attached hydrogen (secondary N) is 1. The van der Waals surface area contributed by atoms with E-state index in [4.69, 9.17) is 23.2 Å². The van der Waals surface area contributed by atoms with Crippen molar-refractivity contribution in [1.82, 2.24) is 0 Å². The highest BCUT2D eigenvalue weighted by atomic mass is 35.5. The molecule has 1 aromatic carbocycles. The Balaban J connectivity index is 1.66. The number of carbonyl (C=O) groups is 1. The molecule has 2 aliphatic rings. The number of hydrogen-bond donors (Lipinski definition) is 1. The van der Waals surface area contributed by atoms with Crippen LogP contribution in [-0.4, -0.2) is 5.91 Å². The molecule has 0 saturated heterocycles. The third kappa shape index (κ3) is 2.87. The summed E-state index contributed by atoms with van der Waals surface area (Å²) < 4.78 is 0. The maximum Gasteiger partial charge on any atom is 0.228 e. The highest BCUT2D eigenvalue weighted by molar-refractivity contribution is 6.42. The van der Waals surface area contributed by atoms with Crippen molar-refractivity contribution in [2.24, 2.45) is 17.8 Å². The zero-order valence-electron chi connectivity index (χ0n) is 11.1. The van der Waals surface area contributed by atoms with Crippen LogP contribution in [0.2, 0.25) is 10.0 Å². The lowest BCUT2D eigenvalue weighted by molar-refractivity contribution is -0.117. The fraction of sp³-hybridized carbons (Fsp3) is 0.438. The first kappa shape index (κ1) is 14.0. The summed E-state index contributed by atoms with van der Waals surface area (Å²) in [6, 6.07) is 5.18. The van der Waals surface area contributed by atoms with Crippen LogP contribution in [0.4, 0.5) is 5.69 Å². The maximum absolute atomic E-state index is 12.3. The largest absolute Gasteiger partial charge is 0.326 e. The fourth-order valence-electron chi connectivity index (χ4n) is 3.10. The van der Waals surface area contributed by atoms with Crippen LogP contribution in [0.25, 0.3) is 0 Å². The van der Waals surface area contributed by atoms with E-state index >= 15 is 0 Å². The summed E-state index contributed by atoms with van der Waals surface area (Å²) in [6.45, 7) is 0. The van der Waals surface area contributed by atoms with E-state index in [-0.39, 0.29) is 11.8 Å². The van der Waals surface area contributed by atoms with Crippen molar-refractivity contribution < 1.29 is 4.79 Å². The molecular weight excluding hydrogens is 293 g/mol. The molecule has 1 N–H and O–H groups in total. The van der Waals surface area contributed by atoms with Crippen LogP contribution in [0.1, 0.15) is 25.7 Å². The zero-order valence-corrected chi connectivity index (χ0v) is 12.6. The van der Waals surface area contributed by atoms with Gasteiger partial charge in [0, 0.05) is 11.6 Å². The number of hydrogen-bond acceptors (Lipinski definition) is 1. The van der Waals surface area contributed by atoms with Gasteiger partial charge in [0.05, 0.1) is 10.0 Å². The van der Waals surface area contributed by atoms with Gasteiger partial charge in [0.25, 0.3) is 0 Å². The summed E-state index contributed by atoms with van der Waals surface area (Å²) in [4.78, 5) is 12.3. The standard InChI is InChI=1S/C16H17Cl2NO/c17-13-8-7-10(9-14(13)18)19-16(20)15-11-5-3-1-2-4-6-12(11)15/h3,5,7-9,11-12,15H,1-2,4,6H2,(H,19,20)/t11-,12-,15+/m0/s1. The summed E-state index contributed by atoms with van der Waals surface area (Å²) >= 11 is 11.8. The molecule has 0 heterocycles. The van der Waals surface area contributed by atoms with Crippen LogP contribution >= 0.6 is 23.2 Å². The van der Waals surface area contributed by atoms with Gasteiger partial charge < -0.3 is 5.32 Å². The van der Waals surface area contributed by atoms with E-state index < -0.39 is 0 Å². The smallest absolute Gasteiger partial charge is 0.228 e. The molecule has 0 aromatic heterocycles. The molecule has 1 amide bonds. The molecule has 1 aromatic rings. The SMILES string of the molecule is O=C(Nc1ccc(Cl)c(Cl)c1)[C@@H]1[C@H]2C=CCCCC[C@@H]21. The molecule has 0 bridgehead atoms. The summed E-state index contributed by atoms with van der Waals surface area (Å²) in [5, 5.41) is 3.92. The number of benzene rings is 1. The van der Waals surface area contributed by atoms with Gasteiger partial charge in [-0.2, -0.15) is 0 Å². The molecule has 106 valence electrons. The van der Waals surface area contributed by atoms with Crippen molar-refractivity contribution >= 4 is 34.8 Å². The number of allylic oxidation sites excluding steroid dienone is 2. The Morgan fingerprint density at radius 2 is 2.05 bits per heavy atom. The Kier molecular flexibility index (Phi) is 4.04. The molecule has 2 nitrogen and oxygen atoms in total. The number of carbonyl (C=O) groups excluding carboxylic acids is 1. The third-order valence-corrected chi connectivity index (χ3v) is 4.97. The van der Waals surface area contributed by atoms with Crippen molar-refractivity contribution in [3.63, 3.8) is 0 Å². The highest BCUT2D eigenvalue weighted by Crippen LogP contribution is 2.51. The summed E-state index contributed by atoms with van der Waals surface area (Å²) in [7, 11) is 0. The molecule has 0 radical (unpaired) electrons. The van der Waals surface area contributed by atoms with Crippen LogP contribution < -0.4 is 5.32 Å². The van der Waals surface area contributed by atoms with Crippen molar-refractivity contribution in [3.05, 3.63) is 40.4 Å². The second kappa shape index (κ2) is 5.79. The molecule has 0 spiro atoms. The Hall–Kier alpha value is -0.990. The van der Waals surface area contributed by atoms with Gasteiger partial charge >= 0.3 is 0 Å². The third-order valence-electron chi connectivity index (χ3n) is 4.24. The van der Waals surface area contributed by atoms with E-state index in [0.717, 1.165) is 12.8 Å². The Labute approximate surface area is 129 Å². The molecule has 4 heteroatoms. The summed E-state index contributed by atoms with van der Waals surface area (Å²) in [5.74, 6) is 1.18. The predicted molar refractivity (Wildman–Crippen MR) is 83.2 cm³/mol. The second-order valence-electron chi connectivity index (χ2n) is 5.60. The van der Waals surface area contributed by atoms with Crippen LogP contribution in [0.3, 0.4) is 0 Å². The summed E-state index contributed by atoms with van der Waals surface area (Å²) in [6.07, 6.45) is 9.22. The summed E-state index contributed by atoms with van der Waals surface area (Å²) in [5.41, 5.74) is 0.715. The fourth-order valence-corrected chi connectivity index (χ4v) is 3.40. The number of anilines is 1. The molecule has 1 saturated carbocycles. The van der Waals surface area contributed by atoms with E-state index in [2.05, 4.69) is 17.5 Å². The maximum atomic E-state index is 12.3. The molecule has 1 fully saturated rings. The Morgan fingerprint density at radius 3 is 2.85 bits per heavy atom. The number of halogens is 2. The number of fused-ring (bicyclic) bond motifs is 1. The van der Waals surface area contributed by atoms with Gasteiger partial charge in [0.1, 0.15) is 0 Å². The number of rotatable bonds is 2. The predicted octanol–water partition coefficient (Wildman–Crippen LogP) is 4.92. The first-order valence-electron chi connectivity index (χ1n) is 7.09. The average molecular weight is 310 g/mol. The normalized spacial score (nSPS) is 28.2. The highest BCUT2D eigenvalue weighted by Gasteiger charge is 2.52. The number of amides is 1. The second-order valence-corrected chi connectivity index (χ2v) is 6.41. The average Bonchev–Trinajstić information content (AvgIpc) is 3.05. The molecule has 20 heavy (non-hydrogen) atoms. The molecule has 3 atom stereocenters. The van der Waals surface area contributed by atoms with Gasteiger partial charge in [-0.05, 0) is 49.3 Å². The Bertz CT molecular complexity index is 555. The molecular formula is C16H17Cl2NO. The molecule has 2 aliphatic carbocycles. The van der Waals surface area contributed by atoms with Crippen LogP contribution in [-0.2, 0) is 4.79 Å². The van der Waals surface area contributed by atoms with Gasteiger partial charge in [-0.25, -0.2) is 0 Å². The van der Waals surface area contributed by atoms with Gasteiger partial charge in [0.15, 0.2) is 0 Å². The van der Waals surface area contributed by atoms with E-state index in [0.29, 0.717) is 27.6 Å². The molecule has 0 unspecified atom stereocenters. The van der Waals surface area contributed by atoms with Crippen LogP contribution in [0.5, 0.6) is 0 Å². The zero-order chi connectivity index (χ0) is 14.1. The minimum Gasteiger partial charge on any atom is -0.326 e. The monoisotopic (exact) mass is 309 g/mol. The molecule has 0 aliphatic heterocycles. The van der Waals surface area contributed by atoms with E-state index in [1.807, 2.05) is 0 Å². The van der Waals surface area contributed by atoms with E-state index in [1.165, 1.54) is 12.8 Å². The Morgan fingerprint density at radius 1 is 1.20 bits per heavy atom. The van der Waals surface area contributed by atoms with Gasteiger partial charge in [0.2, 0.25) is 5.91 Å². The first-order chi connectivity index (χ1) is 9.66. The quantitative estimate of drug-likeness (QED) is 0.771. The minimum absolute atomic E-state index is 0.102.